The molecule has 0 aliphatic heterocycles. The Morgan fingerprint density at radius 1 is 0.900 bits per heavy atom. The molecule has 0 bridgehead atoms. The molecule has 0 fully saturated rings. The number of methoxy groups -OCH3 is 1. The van der Waals surface area contributed by atoms with Crippen molar-refractivity contribution in [2.45, 2.75) is 65.1 Å². The molecule has 0 saturated carbocycles. The second-order valence-electron chi connectivity index (χ2n) is 8.76. The first-order chi connectivity index (χ1) is 14.1. The van der Waals surface area contributed by atoms with E-state index in [4.69, 9.17) is 13.9 Å². The van der Waals surface area contributed by atoms with Crippen molar-refractivity contribution in [1.82, 2.24) is 0 Å². The zero-order valence-electron chi connectivity index (χ0n) is 19.6. The Labute approximate surface area is 182 Å². The van der Waals surface area contributed by atoms with Crippen LogP contribution in [-0.4, -0.2) is 28.0 Å². The van der Waals surface area contributed by atoms with Gasteiger partial charge in [0.1, 0.15) is 11.5 Å². The van der Waals surface area contributed by atoms with E-state index in [2.05, 4.69) is 47.6 Å². The van der Waals surface area contributed by atoms with Gasteiger partial charge in [-0.05, 0) is 65.0 Å². The smallest absolute Gasteiger partial charge is 0.258 e. The largest absolute Gasteiger partial charge is 0.543 e. The highest BCUT2D eigenvalue weighted by atomic mass is 28.4. The second kappa shape index (κ2) is 10.3. The summed E-state index contributed by atoms with van der Waals surface area (Å²) < 4.78 is 17.5. The number of ether oxygens (including phenoxy) is 2. The molecule has 2 aromatic rings. The van der Waals surface area contributed by atoms with Gasteiger partial charge in [-0.2, -0.15) is 0 Å². The van der Waals surface area contributed by atoms with E-state index in [9.17, 15) is 4.79 Å². The number of ketones is 1. The maximum Gasteiger partial charge on any atom is 0.258 e. The number of hydrogen-bond acceptors (Lipinski definition) is 4. The molecular weight excluding hydrogens is 392 g/mol. The molecule has 30 heavy (non-hydrogen) atoms. The molecule has 5 heteroatoms. The number of Topliss-reactive ketones (excluding diaryl/α,β-unsaturated/α-hetero) is 1. The van der Waals surface area contributed by atoms with Crippen molar-refractivity contribution in [3.05, 3.63) is 48.0 Å². The molecule has 2 rings (SSSR count). The predicted molar refractivity (Wildman–Crippen MR) is 126 cm³/mol. The first-order valence-corrected chi connectivity index (χ1v) is 12.8. The fraction of sp³-hybridized carbons (Fsp3) is 0.480. The fourth-order valence-corrected chi connectivity index (χ4v) is 9.81. The van der Waals surface area contributed by atoms with Crippen LogP contribution in [0.2, 0.25) is 16.6 Å². The SMILES string of the molecule is COCOc1ccc(C(C)=O)c(-c2cccc(O[Si](C(C)C)(C(C)C)C(C)C)c2)c1. The van der Waals surface area contributed by atoms with Crippen molar-refractivity contribution in [3.63, 3.8) is 0 Å². The average molecular weight is 429 g/mol. The Kier molecular flexibility index (Phi) is 8.27. The van der Waals surface area contributed by atoms with E-state index in [1.165, 1.54) is 0 Å². The molecule has 0 aliphatic carbocycles. The molecule has 0 heterocycles. The Morgan fingerprint density at radius 2 is 1.53 bits per heavy atom. The van der Waals surface area contributed by atoms with Gasteiger partial charge in [-0.3, -0.25) is 4.79 Å². The normalized spacial score (nSPS) is 12.0. The topological polar surface area (TPSA) is 44.8 Å². The summed E-state index contributed by atoms with van der Waals surface area (Å²) in [6, 6.07) is 13.6. The van der Waals surface area contributed by atoms with Gasteiger partial charge >= 0.3 is 0 Å². The molecule has 0 N–H and O–H groups in total. The summed E-state index contributed by atoms with van der Waals surface area (Å²) >= 11 is 0. The van der Waals surface area contributed by atoms with Gasteiger partial charge < -0.3 is 13.9 Å². The molecule has 0 unspecified atom stereocenters. The number of benzene rings is 2. The van der Waals surface area contributed by atoms with Crippen molar-refractivity contribution in [3.8, 4) is 22.6 Å². The molecule has 4 nitrogen and oxygen atoms in total. The van der Waals surface area contributed by atoms with Crippen LogP contribution in [0, 0.1) is 0 Å². The molecule has 0 aromatic heterocycles. The van der Waals surface area contributed by atoms with Crippen LogP contribution in [0.15, 0.2) is 42.5 Å². The lowest BCUT2D eigenvalue weighted by atomic mass is 9.97. The summed E-state index contributed by atoms with van der Waals surface area (Å²) in [5.41, 5.74) is 3.91. The van der Waals surface area contributed by atoms with E-state index in [-0.39, 0.29) is 12.6 Å². The van der Waals surface area contributed by atoms with E-state index in [1.807, 2.05) is 30.3 Å². The lowest BCUT2D eigenvalue weighted by Crippen LogP contribution is -2.50. The number of carbonyl (C=O) groups is 1. The third-order valence-corrected chi connectivity index (χ3v) is 11.9. The summed E-state index contributed by atoms with van der Waals surface area (Å²) in [5.74, 6) is 1.55. The van der Waals surface area contributed by atoms with Crippen molar-refractivity contribution >= 4 is 14.1 Å². The maximum absolute atomic E-state index is 12.3. The molecule has 0 radical (unpaired) electrons. The minimum atomic E-state index is -2.06. The van der Waals surface area contributed by atoms with Crippen LogP contribution in [0.3, 0.4) is 0 Å². The summed E-state index contributed by atoms with van der Waals surface area (Å²) in [6.07, 6.45) is 0. The molecule has 164 valence electrons. The zero-order chi connectivity index (χ0) is 22.5. The lowest BCUT2D eigenvalue weighted by Gasteiger charge is -2.42. The van der Waals surface area contributed by atoms with Crippen molar-refractivity contribution < 1.29 is 18.7 Å². The van der Waals surface area contributed by atoms with Crippen LogP contribution >= 0.6 is 0 Å². The van der Waals surface area contributed by atoms with Gasteiger partial charge in [-0.1, -0.05) is 53.7 Å². The molecule has 0 saturated heterocycles. The third-order valence-electron chi connectivity index (χ3n) is 5.86. The summed E-state index contributed by atoms with van der Waals surface area (Å²) in [7, 11) is -0.481. The van der Waals surface area contributed by atoms with Crippen molar-refractivity contribution in [1.29, 1.82) is 0 Å². The molecule has 0 spiro atoms. The number of hydrogen-bond donors (Lipinski definition) is 0. The van der Waals surface area contributed by atoms with Gasteiger partial charge in [0.25, 0.3) is 8.32 Å². The molecule has 0 amide bonds. The highest BCUT2D eigenvalue weighted by molar-refractivity contribution is 6.78. The van der Waals surface area contributed by atoms with Gasteiger partial charge in [0.05, 0.1) is 0 Å². The van der Waals surface area contributed by atoms with E-state index < -0.39 is 8.32 Å². The highest BCUT2D eigenvalue weighted by Gasteiger charge is 2.47. The van der Waals surface area contributed by atoms with Crippen LogP contribution in [0.1, 0.15) is 58.8 Å². The summed E-state index contributed by atoms with van der Waals surface area (Å²) in [5, 5.41) is 0. The number of carbonyl (C=O) groups excluding carboxylic acids is 1. The van der Waals surface area contributed by atoms with Crippen LogP contribution in [0.5, 0.6) is 11.5 Å². The Hall–Kier alpha value is -2.11. The Bertz CT molecular complexity index is 836. The highest BCUT2D eigenvalue weighted by Crippen LogP contribution is 2.43. The average Bonchev–Trinajstić information content (AvgIpc) is 2.69. The third kappa shape index (κ3) is 5.13. The monoisotopic (exact) mass is 428 g/mol. The van der Waals surface area contributed by atoms with E-state index in [0.717, 1.165) is 16.9 Å². The molecular formula is C25H36O4Si. The standard InChI is InChI=1S/C25H36O4Si/c1-17(2)30(18(3)4,19(5)6)29-23-11-9-10-21(14-23)25-15-22(28-16-27-8)12-13-24(25)20(7)26/h9-15,17-19H,16H2,1-8H3. The first kappa shape index (κ1) is 24.2. The summed E-state index contributed by atoms with van der Waals surface area (Å²) in [4.78, 5) is 12.3. The van der Waals surface area contributed by atoms with Gasteiger partial charge in [0.2, 0.25) is 0 Å². The Morgan fingerprint density at radius 3 is 2.07 bits per heavy atom. The van der Waals surface area contributed by atoms with Crippen LogP contribution in [0.25, 0.3) is 11.1 Å². The fourth-order valence-electron chi connectivity index (χ4n) is 4.57. The van der Waals surface area contributed by atoms with Crippen molar-refractivity contribution in [2.75, 3.05) is 13.9 Å². The first-order valence-electron chi connectivity index (χ1n) is 10.7. The molecule has 0 aliphatic rings. The van der Waals surface area contributed by atoms with Crippen LogP contribution in [0.4, 0.5) is 0 Å². The zero-order valence-corrected chi connectivity index (χ0v) is 20.6. The minimum Gasteiger partial charge on any atom is -0.543 e. The summed E-state index contributed by atoms with van der Waals surface area (Å²) in [6.45, 7) is 15.4. The van der Waals surface area contributed by atoms with Gasteiger partial charge in [0.15, 0.2) is 12.6 Å². The quantitative estimate of drug-likeness (QED) is 0.230. The number of rotatable bonds is 10. The maximum atomic E-state index is 12.3. The van der Waals surface area contributed by atoms with Gasteiger partial charge in [-0.25, -0.2) is 0 Å². The predicted octanol–water partition coefficient (Wildman–Crippen LogP) is 7.09. The van der Waals surface area contributed by atoms with E-state index >= 15 is 0 Å². The minimum absolute atomic E-state index is 0.0184. The van der Waals surface area contributed by atoms with Gasteiger partial charge in [0, 0.05) is 12.7 Å². The van der Waals surface area contributed by atoms with Crippen LogP contribution in [-0.2, 0) is 4.74 Å². The molecule has 0 atom stereocenters. The van der Waals surface area contributed by atoms with Crippen molar-refractivity contribution in [2.24, 2.45) is 0 Å². The molecule has 2 aromatic carbocycles. The Balaban J connectivity index is 2.52. The lowest BCUT2D eigenvalue weighted by molar-refractivity contribution is 0.0511. The van der Waals surface area contributed by atoms with E-state index in [0.29, 0.717) is 27.9 Å². The second-order valence-corrected chi connectivity index (χ2v) is 14.1. The van der Waals surface area contributed by atoms with E-state index in [1.54, 1.807) is 20.1 Å². The van der Waals surface area contributed by atoms with Crippen LogP contribution < -0.4 is 9.16 Å². The van der Waals surface area contributed by atoms with Gasteiger partial charge in [-0.15, -0.1) is 0 Å².